The molecule has 2 aliphatic heterocycles. The van der Waals surface area contributed by atoms with Crippen molar-refractivity contribution in [1.29, 1.82) is 0 Å². The second kappa shape index (κ2) is 6.95. The minimum absolute atomic E-state index is 0.0868. The van der Waals surface area contributed by atoms with Gasteiger partial charge in [-0.1, -0.05) is 19.4 Å². The topological polar surface area (TPSA) is 54.6 Å². The number of carbonyl (C=O) groups excluding carboxylic acids is 1. The number of aromatic amines is 1. The second-order valence-corrected chi connectivity index (χ2v) is 7.61. The lowest BCUT2D eigenvalue weighted by atomic mass is 9.76. The summed E-state index contributed by atoms with van der Waals surface area (Å²) in [4.78, 5) is 18.2. The summed E-state index contributed by atoms with van der Waals surface area (Å²) in [5.41, 5.74) is 3.86. The maximum Gasteiger partial charge on any atom is 0.305 e. The van der Waals surface area contributed by atoms with Crippen LogP contribution in [-0.4, -0.2) is 43.2 Å². The summed E-state index contributed by atoms with van der Waals surface area (Å²) < 4.78 is 10.6. The predicted molar refractivity (Wildman–Crippen MR) is 101 cm³/mol. The minimum Gasteiger partial charge on any atom is -0.496 e. The number of methoxy groups -OCH3 is 2. The molecule has 0 amide bonds. The first kappa shape index (κ1) is 17.4. The Bertz CT molecular complexity index is 813. The summed E-state index contributed by atoms with van der Waals surface area (Å²) in [5.74, 6) is 1.80. The molecule has 0 radical (unpaired) electrons. The van der Waals surface area contributed by atoms with Crippen molar-refractivity contribution in [2.45, 2.75) is 38.6 Å². The van der Waals surface area contributed by atoms with Gasteiger partial charge in [-0.2, -0.15) is 0 Å². The number of H-pyrrole nitrogens is 1. The highest BCUT2D eigenvalue weighted by Crippen LogP contribution is 2.45. The highest BCUT2D eigenvalue weighted by atomic mass is 16.5. The van der Waals surface area contributed by atoms with E-state index in [4.69, 9.17) is 9.47 Å². The monoisotopic (exact) mass is 356 g/mol. The van der Waals surface area contributed by atoms with Crippen molar-refractivity contribution in [1.82, 2.24) is 9.88 Å². The number of hydrogen-bond donors (Lipinski definition) is 1. The predicted octanol–water partition coefficient (Wildman–Crippen LogP) is 3.68. The van der Waals surface area contributed by atoms with E-state index < -0.39 is 0 Å². The highest BCUT2D eigenvalue weighted by Gasteiger charge is 2.40. The van der Waals surface area contributed by atoms with Gasteiger partial charge in [-0.25, -0.2) is 0 Å². The van der Waals surface area contributed by atoms with Gasteiger partial charge in [0.25, 0.3) is 0 Å². The van der Waals surface area contributed by atoms with Crippen LogP contribution in [0.3, 0.4) is 0 Å². The molecule has 140 valence electrons. The number of nitrogens with one attached hydrogen (secondary N) is 1. The number of benzene rings is 1. The van der Waals surface area contributed by atoms with Gasteiger partial charge < -0.3 is 14.5 Å². The lowest BCUT2D eigenvalue weighted by molar-refractivity contribution is -0.143. The molecule has 3 heterocycles. The van der Waals surface area contributed by atoms with E-state index in [2.05, 4.69) is 22.9 Å². The number of carbonyl (C=O) groups is 1. The quantitative estimate of drug-likeness (QED) is 0.849. The number of aromatic nitrogens is 1. The summed E-state index contributed by atoms with van der Waals surface area (Å²) in [7, 11) is 3.23. The molecule has 1 aromatic carbocycles. The molecule has 3 atom stereocenters. The number of nitrogens with zero attached hydrogens (tertiary/aromatic N) is 1. The number of ether oxygens (including phenoxy) is 2. The largest absolute Gasteiger partial charge is 0.496 e. The third-order valence-electron chi connectivity index (χ3n) is 6.41. The number of piperidine rings is 1. The van der Waals surface area contributed by atoms with Gasteiger partial charge in [0.2, 0.25) is 0 Å². The molecule has 4 rings (SSSR count). The Hall–Kier alpha value is -2.01. The van der Waals surface area contributed by atoms with E-state index in [-0.39, 0.29) is 5.97 Å². The molecule has 3 unspecified atom stereocenters. The third kappa shape index (κ3) is 2.78. The van der Waals surface area contributed by atoms with Gasteiger partial charge in [0.15, 0.2) is 0 Å². The Labute approximate surface area is 154 Å². The van der Waals surface area contributed by atoms with Crippen LogP contribution in [0, 0.1) is 11.8 Å². The summed E-state index contributed by atoms with van der Waals surface area (Å²) >= 11 is 0. The van der Waals surface area contributed by atoms with Crippen LogP contribution in [0.2, 0.25) is 0 Å². The van der Waals surface area contributed by atoms with Crippen molar-refractivity contribution in [2.24, 2.45) is 11.8 Å². The zero-order chi connectivity index (χ0) is 18.3. The van der Waals surface area contributed by atoms with Crippen molar-refractivity contribution in [2.75, 3.05) is 27.3 Å². The second-order valence-electron chi connectivity index (χ2n) is 7.61. The van der Waals surface area contributed by atoms with Gasteiger partial charge >= 0.3 is 5.97 Å². The van der Waals surface area contributed by atoms with E-state index in [1.54, 1.807) is 7.11 Å². The van der Waals surface area contributed by atoms with E-state index in [0.717, 1.165) is 43.6 Å². The van der Waals surface area contributed by atoms with Crippen LogP contribution < -0.4 is 4.74 Å². The fraction of sp³-hybridized carbons (Fsp3) is 0.571. The van der Waals surface area contributed by atoms with E-state index in [1.165, 1.54) is 23.8 Å². The lowest BCUT2D eigenvalue weighted by Gasteiger charge is -2.46. The molecule has 1 aromatic heterocycles. The molecular formula is C21H28N2O3. The maximum atomic E-state index is 11.9. The first-order chi connectivity index (χ1) is 12.7. The van der Waals surface area contributed by atoms with Crippen molar-refractivity contribution < 1.29 is 14.3 Å². The van der Waals surface area contributed by atoms with Crippen molar-refractivity contribution in [3.05, 3.63) is 29.5 Å². The van der Waals surface area contributed by atoms with Crippen LogP contribution in [-0.2, 0) is 16.0 Å². The first-order valence-corrected chi connectivity index (χ1v) is 9.64. The van der Waals surface area contributed by atoms with Crippen LogP contribution in [0.25, 0.3) is 10.9 Å². The van der Waals surface area contributed by atoms with Crippen molar-refractivity contribution in [3.8, 4) is 5.75 Å². The van der Waals surface area contributed by atoms with Crippen molar-refractivity contribution in [3.63, 3.8) is 0 Å². The number of rotatable bonds is 4. The third-order valence-corrected chi connectivity index (χ3v) is 6.41. The molecule has 2 aliphatic rings. The van der Waals surface area contributed by atoms with Gasteiger partial charge in [-0.15, -0.1) is 0 Å². The molecule has 5 nitrogen and oxygen atoms in total. The molecule has 0 saturated carbocycles. The number of fused-ring (bicyclic) bond motifs is 5. The summed E-state index contributed by atoms with van der Waals surface area (Å²) in [6, 6.07) is 6.56. The summed E-state index contributed by atoms with van der Waals surface area (Å²) in [5, 5.41) is 1.23. The van der Waals surface area contributed by atoms with Crippen LogP contribution in [0.4, 0.5) is 0 Å². The number of esters is 1. The lowest BCUT2D eigenvalue weighted by Crippen LogP contribution is -2.46. The van der Waals surface area contributed by atoms with Crippen molar-refractivity contribution >= 4 is 16.9 Å². The fourth-order valence-corrected chi connectivity index (χ4v) is 5.03. The molecule has 1 N–H and O–H groups in total. The Kier molecular flexibility index (Phi) is 4.65. The van der Waals surface area contributed by atoms with E-state index in [1.807, 2.05) is 12.1 Å². The molecule has 5 heteroatoms. The normalized spacial score (nSPS) is 25.6. The number of hydrogen-bond acceptors (Lipinski definition) is 4. The molecule has 26 heavy (non-hydrogen) atoms. The SMILES string of the molecule is CCC1CN2CCc3c([nH]c4cccc(OC)c34)C2CC1CC(=O)OC. The Morgan fingerprint density at radius 3 is 2.88 bits per heavy atom. The van der Waals surface area contributed by atoms with Gasteiger partial charge in [-0.05, 0) is 42.4 Å². The molecule has 0 aliphatic carbocycles. The van der Waals surface area contributed by atoms with E-state index in [0.29, 0.717) is 24.3 Å². The zero-order valence-corrected chi connectivity index (χ0v) is 15.9. The highest BCUT2D eigenvalue weighted by molar-refractivity contribution is 5.91. The standard InChI is InChI=1S/C21H28N2O3/c1-4-13-12-23-9-8-15-20-16(6-5-7-18(20)25-2)22-21(15)17(23)10-14(13)11-19(24)26-3/h5-7,13-14,17,22H,4,8-12H2,1-3H3. The van der Waals surface area contributed by atoms with Crippen LogP contribution in [0.5, 0.6) is 5.75 Å². The average Bonchev–Trinajstić information content (AvgIpc) is 3.06. The van der Waals surface area contributed by atoms with Gasteiger partial charge in [0.1, 0.15) is 5.75 Å². The molecule has 0 bridgehead atoms. The average molecular weight is 356 g/mol. The summed E-state index contributed by atoms with van der Waals surface area (Å²) in [6.07, 6.45) is 3.69. The summed E-state index contributed by atoms with van der Waals surface area (Å²) in [6.45, 7) is 4.37. The van der Waals surface area contributed by atoms with E-state index >= 15 is 0 Å². The molecule has 0 spiro atoms. The van der Waals surface area contributed by atoms with Gasteiger partial charge in [0.05, 0.1) is 20.3 Å². The molecule has 1 saturated heterocycles. The Morgan fingerprint density at radius 1 is 1.31 bits per heavy atom. The Balaban J connectivity index is 1.71. The molecule has 1 fully saturated rings. The minimum atomic E-state index is -0.0868. The smallest absolute Gasteiger partial charge is 0.305 e. The van der Waals surface area contributed by atoms with Crippen LogP contribution in [0.1, 0.15) is 43.5 Å². The zero-order valence-electron chi connectivity index (χ0n) is 15.9. The Morgan fingerprint density at radius 2 is 2.15 bits per heavy atom. The van der Waals surface area contributed by atoms with Gasteiger partial charge in [-0.3, -0.25) is 9.69 Å². The molecular weight excluding hydrogens is 328 g/mol. The van der Waals surface area contributed by atoms with Gasteiger partial charge in [0, 0.05) is 36.1 Å². The maximum absolute atomic E-state index is 11.9. The first-order valence-electron chi connectivity index (χ1n) is 9.64. The fourth-order valence-electron chi connectivity index (χ4n) is 5.03. The van der Waals surface area contributed by atoms with Crippen LogP contribution >= 0.6 is 0 Å². The molecule has 2 aromatic rings. The van der Waals surface area contributed by atoms with E-state index in [9.17, 15) is 4.79 Å². The van der Waals surface area contributed by atoms with Crippen LogP contribution in [0.15, 0.2) is 18.2 Å².